The molecule has 1 aliphatic rings. The van der Waals surface area contributed by atoms with Gasteiger partial charge in [0.1, 0.15) is 17.7 Å². The zero-order valence-corrected chi connectivity index (χ0v) is 18.2. The smallest absolute Gasteiger partial charge is 0.191 e. The predicted octanol–water partition coefficient (Wildman–Crippen LogP) is 3.27. The molecule has 2 aromatic rings. The zero-order valence-electron chi connectivity index (χ0n) is 18.2. The fourth-order valence-electron chi connectivity index (χ4n) is 3.29. The van der Waals surface area contributed by atoms with E-state index in [1.54, 1.807) is 7.11 Å². The van der Waals surface area contributed by atoms with Gasteiger partial charge in [0.15, 0.2) is 24.3 Å². The minimum atomic E-state index is -0.286. The Balaban J connectivity index is 1.56. The van der Waals surface area contributed by atoms with Gasteiger partial charge in [0.2, 0.25) is 0 Å². The molecule has 0 saturated carbocycles. The lowest BCUT2D eigenvalue weighted by Crippen LogP contribution is -2.39. The summed E-state index contributed by atoms with van der Waals surface area (Å²) in [6, 6.07) is 10.5. The summed E-state index contributed by atoms with van der Waals surface area (Å²) in [5, 5.41) is 6.50. The summed E-state index contributed by atoms with van der Waals surface area (Å²) in [6.45, 7) is 6.27. The minimum Gasteiger partial charge on any atom is -0.493 e. The first-order valence-electron chi connectivity index (χ1n) is 10.4. The molecular formula is C23H30FN3O4. The van der Waals surface area contributed by atoms with Gasteiger partial charge in [0, 0.05) is 18.7 Å². The highest BCUT2D eigenvalue weighted by Gasteiger charge is 2.17. The number of fused-ring (bicyclic) bond motifs is 1. The van der Waals surface area contributed by atoms with Gasteiger partial charge in [0.25, 0.3) is 0 Å². The summed E-state index contributed by atoms with van der Waals surface area (Å²) in [7, 11) is 1.62. The maximum absolute atomic E-state index is 13.9. The Labute approximate surface area is 182 Å². The van der Waals surface area contributed by atoms with E-state index in [0.29, 0.717) is 43.6 Å². The standard InChI is InChI=1S/C23H30FN3O4/c1-4-25-23(27-13-16(2)31-21-8-6-5-7-20(21)28-3)26-10-9-17-11-19(24)12-18-14-29-15-30-22(17)18/h5-8,11-12,16H,4,9-10,13-15H2,1-3H3,(H2,25,26,27). The van der Waals surface area contributed by atoms with E-state index in [9.17, 15) is 4.39 Å². The van der Waals surface area contributed by atoms with Crippen molar-refractivity contribution in [2.75, 3.05) is 33.5 Å². The highest BCUT2D eigenvalue weighted by Crippen LogP contribution is 2.29. The number of hydrogen-bond donors (Lipinski definition) is 2. The Morgan fingerprint density at radius 3 is 2.81 bits per heavy atom. The second-order valence-corrected chi connectivity index (χ2v) is 7.14. The van der Waals surface area contributed by atoms with Crippen LogP contribution in [0, 0.1) is 5.82 Å². The van der Waals surface area contributed by atoms with Crippen LogP contribution in [0.4, 0.5) is 4.39 Å². The van der Waals surface area contributed by atoms with Crippen molar-refractivity contribution in [1.82, 2.24) is 10.6 Å². The first-order valence-corrected chi connectivity index (χ1v) is 10.4. The first kappa shape index (κ1) is 22.7. The lowest BCUT2D eigenvalue weighted by molar-refractivity contribution is -0.0172. The molecule has 0 radical (unpaired) electrons. The lowest BCUT2D eigenvalue weighted by atomic mass is 10.1. The number of rotatable bonds is 9. The fraction of sp³-hybridized carbons (Fsp3) is 0.435. The van der Waals surface area contributed by atoms with E-state index in [4.69, 9.17) is 18.9 Å². The normalized spacial score (nSPS) is 14.3. The third-order valence-corrected chi connectivity index (χ3v) is 4.69. The molecule has 0 aliphatic carbocycles. The second-order valence-electron chi connectivity index (χ2n) is 7.14. The maximum atomic E-state index is 13.9. The van der Waals surface area contributed by atoms with Crippen LogP contribution in [0.3, 0.4) is 0 Å². The highest BCUT2D eigenvalue weighted by atomic mass is 19.1. The van der Waals surface area contributed by atoms with Crippen molar-refractivity contribution in [2.24, 2.45) is 4.99 Å². The Bertz CT molecular complexity index is 891. The van der Waals surface area contributed by atoms with Crippen LogP contribution in [0.1, 0.15) is 25.0 Å². The Morgan fingerprint density at radius 2 is 2.03 bits per heavy atom. The number of nitrogens with zero attached hydrogens (tertiary/aromatic N) is 1. The van der Waals surface area contributed by atoms with Crippen molar-refractivity contribution in [3.8, 4) is 17.2 Å². The summed E-state index contributed by atoms with van der Waals surface area (Å²) in [4.78, 5) is 4.60. The third-order valence-electron chi connectivity index (χ3n) is 4.69. The second kappa shape index (κ2) is 11.4. The third kappa shape index (κ3) is 6.49. The fourth-order valence-corrected chi connectivity index (χ4v) is 3.29. The Morgan fingerprint density at radius 1 is 1.23 bits per heavy atom. The van der Waals surface area contributed by atoms with Gasteiger partial charge in [-0.05, 0) is 50.1 Å². The molecule has 3 rings (SSSR count). The van der Waals surface area contributed by atoms with E-state index in [2.05, 4.69) is 15.6 Å². The van der Waals surface area contributed by atoms with Crippen LogP contribution in [-0.2, 0) is 17.8 Å². The molecular weight excluding hydrogens is 401 g/mol. The summed E-state index contributed by atoms with van der Waals surface area (Å²) >= 11 is 0. The highest BCUT2D eigenvalue weighted by molar-refractivity contribution is 5.79. The van der Waals surface area contributed by atoms with Gasteiger partial charge < -0.3 is 29.6 Å². The minimum absolute atomic E-state index is 0.143. The Kier molecular flexibility index (Phi) is 8.35. The van der Waals surface area contributed by atoms with Crippen LogP contribution in [0.15, 0.2) is 41.4 Å². The van der Waals surface area contributed by atoms with E-state index >= 15 is 0 Å². The van der Waals surface area contributed by atoms with Crippen molar-refractivity contribution in [3.05, 3.63) is 53.3 Å². The molecule has 0 aromatic heterocycles. The number of guanidine groups is 1. The monoisotopic (exact) mass is 431 g/mol. The number of nitrogens with one attached hydrogen (secondary N) is 2. The molecule has 0 bridgehead atoms. The topological polar surface area (TPSA) is 73.3 Å². The molecule has 0 fully saturated rings. The molecule has 1 unspecified atom stereocenters. The van der Waals surface area contributed by atoms with E-state index in [1.807, 2.05) is 38.1 Å². The van der Waals surface area contributed by atoms with Gasteiger partial charge in [-0.15, -0.1) is 0 Å². The van der Waals surface area contributed by atoms with E-state index < -0.39 is 0 Å². The first-order chi connectivity index (χ1) is 15.1. The quantitative estimate of drug-likeness (QED) is 0.469. The van der Waals surface area contributed by atoms with Crippen molar-refractivity contribution in [3.63, 3.8) is 0 Å². The van der Waals surface area contributed by atoms with Crippen molar-refractivity contribution in [2.45, 2.75) is 33.0 Å². The Hall–Kier alpha value is -3.00. The largest absolute Gasteiger partial charge is 0.493 e. The van der Waals surface area contributed by atoms with E-state index in [0.717, 1.165) is 23.4 Å². The summed E-state index contributed by atoms with van der Waals surface area (Å²) < 4.78 is 36.0. The van der Waals surface area contributed by atoms with Crippen LogP contribution in [0.25, 0.3) is 0 Å². The van der Waals surface area contributed by atoms with Crippen molar-refractivity contribution in [1.29, 1.82) is 0 Å². The molecule has 2 N–H and O–H groups in total. The number of aliphatic imine (C=N–C) groups is 1. The summed E-state index contributed by atoms with van der Waals surface area (Å²) in [5.74, 6) is 2.48. The van der Waals surface area contributed by atoms with Gasteiger partial charge in [-0.3, -0.25) is 0 Å². The van der Waals surface area contributed by atoms with Gasteiger partial charge in [-0.1, -0.05) is 12.1 Å². The molecule has 0 saturated heterocycles. The molecule has 1 heterocycles. The number of hydrogen-bond acceptors (Lipinski definition) is 5. The average molecular weight is 432 g/mol. The number of methoxy groups -OCH3 is 1. The molecule has 7 nitrogen and oxygen atoms in total. The summed E-state index contributed by atoms with van der Waals surface area (Å²) in [6.07, 6.45) is 0.452. The maximum Gasteiger partial charge on any atom is 0.191 e. The van der Waals surface area contributed by atoms with Crippen LogP contribution in [0.2, 0.25) is 0 Å². The van der Waals surface area contributed by atoms with Gasteiger partial charge in [0.05, 0.1) is 20.3 Å². The van der Waals surface area contributed by atoms with Crippen LogP contribution in [0.5, 0.6) is 17.2 Å². The average Bonchev–Trinajstić information content (AvgIpc) is 2.77. The number of ether oxygens (including phenoxy) is 4. The molecule has 8 heteroatoms. The van der Waals surface area contributed by atoms with Crippen molar-refractivity contribution < 1.29 is 23.3 Å². The number of benzene rings is 2. The van der Waals surface area contributed by atoms with Gasteiger partial charge in [-0.25, -0.2) is 9.38 Å². The number of halogens is 1. The molecule has 1 aliphatic heterocycles. The predicted molar refractivity (Wildman–Crippen MR) is 117 cm³/mol. The molecule has 0 spiro atoms. The summed E-state index contributed by atoms with van der Waals surface area (Å²) in [5.41, 5.74) is 1.55. The van der Waals surface area contributed by atoms with Crippen LogP contribution in [-0.4, -0.2) is 45.6 Å². The molecule has 1 atom stereocenters. The van der Waals surface area contributed by atoms with Gasteiger partial charge in [-0.2, -0.15) is 0 Å². The SMILES string of the molecule is CCNC(=NCC(C)Oc1ccccc1OC)NCCc1cc(F)cc2c1OCOC2. The lowest BCUT2D eigenvalue weighted by Gasteiger charge is -2.21. The molecule has 2 aromatic carbocycles. The molecule has 168 valence electrons. The zero-order chi connectivity index (χ0) is 22.1. The van der Waals surface area contributed by atoms with Crippen LogP contribution >= 0.6 is 0 Å². The van der Waals surface area contributed by atoms with Crippen LogP contribution < -0.4 is 24.8 Å². The van der Waals surface area contributed by atoms with E-state index in [1.165, 1.54) is 12.1 Å². The van der Waals surface area contributed by atoms with Crippen molar-refractivity contribution >= 4 is 5.96 Å². The van der Waals surface area contributed by atoms with E-state index in [-0.39, 0.29) is 18.7 Å². The molecule has 31 heavy (non-hydrogen) atoms. The number of para-hydroxylation sites is 2. The molecule has 0 amide bonds. The van der Waals surface area contributed by atoms with Gasteiger partial charge >= 0.3 is 0 Å².